The Morgan fingerprint density at radius 1 is 1.00 bits per heavy atom. The van der Waals surface area contributed by atoms with Crippen LogP contribution in [-0.4, -0.2) is 30.1 Å². The summed E-state index contributed by atoms with van der Waals surface area (Å²) in [6, 6.07) is 1.89. The van der Waals surface area contributed by atoms with E-state index in [2.05, 4.69) is 4.90 Å². The molecule has 1 N–H and O–H groups in total. The quantitative estimate of drug-likeness (QED) is 0.553. The summed E-state index contributed by atoms with van der Waals surface area (Å²) in [4.78, 5) is 2.70. The molecular formula is C10H19N2. The van der Waals surface area contributed by atoms with E-state index < -0.39 is 0 Å². The lowest BCUT2D eigenvalue weighted by Gasteiger charge is -2.20. The monoisotopic (exact) mass is 167 g/mol. The van der Waals surface area contributed by atoms with Gasteiger partial charge in [0, 0.05) is 18.6 Å². The van der Waals surface area contributed by atoms with Gasteiger partial charge in [-0.25, -0.2) is 0 Å². The molecule has 0 unspecified atom stereocenters. The molecule has 0 saturated heterocycles. The summed E-state index contributed by atoms with van der Waals surface area (Å²) in [7, 11) is 0. The van der Waals surface area contributed by atoms with E-state index in [-0.39, 0.29) is 0 Å². The maximum absolute atomic E-state index is 7.07. The van der Waals surface area contributed by atoms with E-state index in [1.807, 2.05) is 0 Å². The second-order valence-electron chi connectivity index (χ2n) is 4.16. The lowest BCUT2D eigenvalue weighted by molar-refractivity contribution is 0.248. The van der Waals surface area contributed by atoms with Crippen LogP contribution in [0.3, 0.4) is 0 Å². The zero-order valence-electron chi connectivity index (χ0n) is 7.76. The largest absolute Gasteiger partial charge is 0.297 e. The molecule has 12 heavy (non-hydrogen) atoms. The molecule has 0 aliphatic heterocycles. The molecule has 0 bridgehead atoms. The summed E-state index contributed by atoms with van der Waals surface area (Å²) >= 11 is 0. The van der Waals surface area contributed by atoms with Gasteiger partial charge in [0.2, 0.25) is 0 Å². The fourth-order valence-corrected chi connectivity index (χ4v) is 1.90. The standard InChI is InChI=1S/C10H19N2/c11-7-1-2-8-12(9-3-4-9)10-5-6-10/h9-11H,1-8H2. The predicted molar refractivity (Wildman–Crippen MR) is 49.9 cm³/mol. The maximum Gasteiger partial charge on any atom is 0.0100 e. The first-order valence-corrected chi connectivity index (χ1v) is 5.32. The van der Waals surface area contributed by atoms with E-state index in [4.69, 9.17) is 5.73 Å². The van der Waals surface area contributed by atoms with Gasteiger partial charge in [0.05, 0.1) is 0 Å². The average molecular weight is 167 g/mol. The molecule has 2 aliphatic rings. The molecule has 0 atom stereocenters. The highest BCUT2D eigenvalue weighted by Crippen LogP contribution is 2.37. The molecule has 2 rings (SSSR count). The van der Waals surface area contributed by atoms with Crippen molar-refractivity contribution in [3.8, 4) is 0 Å². The number of nitrogens with zero attached hydrogens (tertiary/aromatic N) is 1. The highest BCUT2D eigenvalue weighted by atomic mass is 15.2. The van der Waals surface area contributed by atoms with Crippen LogP contribution < -0.4 is 5.73 Å². The molecular weight excluding hydrogens is 148 g/mol. The second-order valence-corrected chi connectivity index (χ2v) is 4.16. The first-order chi connectivity index (χ1) is 5.92. The van der Waals surface area contributed by atoms with Gasteiger partial charge in [-0.2, -0.15) is 0 Å². The Labute approximate surface area is 75.1 Å². The topological polar surface area (TPSA) is 27.0 Å². The third kappa shape index (κ3) is 2.20. The smallest absolute Gasteiger partial charge is 0.0100 e. The molecule has 0 aromatic carbocycles. The number of nitrogens with one attached hydrogen (secondary N) is 1. The van der Waals surface area contributed by atoms with E-state index >= 15 is 0 Å². The van der Waals surface area contributed by atoms with Crippen molar-refractivity contribution in [1.82, 2.24) is 10.6 Å². The first kappa shape index (κ1) is 8.52. The molecule has 0 spiro atoms. The Balaban J connectivity index is 1.66. The van der Waals surface area contributed by atoms with Crippen LogP contribution in [0.15, 0.2) is 0 Å². The van der Waals surface area contributed by atoms with Gasteiger partial charge in [0.25, 0.3) is 0 Å². The van der Waals surface area contributed by atoms with Gasteiger partial charge >= 0.3 is 0 Å². The Bertz CT molecular complexity index is 127. The van der Waals surface area contributed by atoms with E-state index in [9.17, 15) is 0 Å². The van der Waals surface area contributed by atoms with E-state index in [0.717, 1.165) is 18.5 Å². The second kappa shape index (κ2) is 3.75. The fourth-order valence-electron chi connectivity index (χ4n) is 1.90. The Kier molecular flexibility index (Phi) is 2.66. The van der Waals surface area contributed by atoms with Crippen molar-refractivity contribution in [3.05, 3.63) is 0 Å². The van der Waals surface area contributed by atoms with Gasteiger partial charge in [-0.05, 0) is 45.1 Å². The summed E-state index contributed by atoms with van der Waals surface area (Å²) in [6.07, 6.45) is 8.11. The minimum Gasteiger partial charge on any atom is -0.297 e. The summed E-state index contributed by atoms with van der Waals surface area (Å²) in [5, 5.41) is 0. The van der Waals surface area contributed by atoms with E-state index in [0.29, 0.717) is 6.54 Å². The molecule has 2 fully saturated rings. The number of hydrogen-bond acceptors (Lipinski definition) is 1. The van der Waals surface area contributed by atoms with Crippen molar-refractivity contribution in [2.24, 2.45) is 0 Å². The molecule has 0 heterocycles. The molecule has 0 aromatic heterocycles. The average Bonchev–Trinajstić information content (AvgIpc) is 2.87. The highest BCUT2D eigenvalue weighted by molar-refractivity contribution is 4.94. The highest BCUT2D eigenvalue weighted by Gasteiger charge is 2.38. The van der Waals surface area contributed by atoms with Crippen molar-refractivity contribution >= 4 is 0 Å². The van der Waals surface area contributed by atoms with Crippen LogP contribution >= 0.6 is 0 Å². The van der Waals surface area contributed by atoms with Crippen molar-refractivity contribution in [2.45, 2.75) is 50.6 Å². The van der Waals surface area contributed by atoms with Crippen LogP contribution in [0, 0.1) is 0 Å². The molecule has 2 aliphatic carbocycles. The lowest BCUT2D eigenvalue weighted by atomic mass is 10.3. The van der Waals surface area contributed by atoms with Gasteiger partial charge in [-0.15, -0.1) is 0 Å². The molecule has 2 saturated carbocycles. The Morgan fingerprint density at radius 3 is 2.00 bits per heavy atom. The Hall–Kier alpha value is -0.0800. The van der Waals surface area contributed by atoms with Crippen LogP contribution in [0.4, 0.5) is 0 Å². The van der Waals surface area contributed by atoms with Crippen LogP contribution in [0.2, 0.25) is 0 Å². The zero-order valence-corrected chi connectivity index (χ0v) is 7.76. The van der Waals surface area contributed by atoms with Gasteiger partial charge in [-0.3, -0.25) is 10.6 Å². The summed E-state index contributed by atoms with van der Waals surface area (Å²) in [5.41, 5.74) is 7.07. The molecule has 2 heteroatoms. The van der Waals surface area contributed by atoms with E-state index in [1.54, 1.807) is 0 Å². The lowest BCUT2D eigenvalue weighted by Crippen LogP contribution is -2.29. The van der Waals surface area contributed by atoms with Gasteiger partial charge in [0.1, 0.15) is 0 Å². The summed E-state index contributed by atoms with van der Waals surface area (Å²) in [6.45, 7) is 1.89. The molecule has 0 amide bonds. The predicted octanol–water partition coefficient (Wildman–Crippen LogP) is 1.68. The minimum atomic E-state index is 0.614. The molecule has 69 valence electrons. The number of unbranched alkanes of at least 4 members (excludes halogenated alkanes) is 1. The van der Waals surface area contributed by atoms with Crippen molar-refractivity contribution < 1.29 is 0 Å². The van der Waals surface area contributed by atoms with E-state index in [1.165, 1.54) is 38.6 Å². The zero-order chi connectivity index (χ0) is 8.39. The minimum absolute atomic E-state index is 0.614. The molecule has 0 aromatic rings. The van der Waals surface area contributed by atoms with Crippen LogP contribution in [-0.2, 0) is 0 Å². The third-order valence-electron chi connectivity index (χ3n) is 2.87. The normalized spacial score (nSPS) is 23.5. The third-order valence-corrected chi connectivity index (χ3v) is 2.87. The van der Waals surface area contributed by atoms with Crippen molar-refractivity contribution in [3.63, 3.8) is 0 Å². The molecule has 2 nitrogen and oxygen atoms in total. The Morgan fingerprint density at radius 2 is 1.58 bits per heavy atom. The van der Waals surface area contributed by atoms with Gasteiger partial charge in [-0.1, -0.05) is 0 Å². The van der Waals surface area contributed by atoms with Crippen molar-refractivity contribution in [2.75, 3.05) is 13.1 Å². The van der Waals surface area contributed by atoms with Crippen LogP contribution in [0.1, 0.15) is 38.5 Å². The maximum atomic E-state index is 7.07. The van der Waals surface area contributed by atoms with Crippen molar-refractivity contribution in [1.29, 1.82) is 0 Å². The van der Waals surface area contributed by atoms with Crippen LogP contribution in [0.25, 0.3) is 0 Å². The first-order valence-electron chi connectivity index (χ1n) is 5.32. The summed E-state index contributed by atoms with van der Waals surface area (Å²) in [5.74, 6) is 0. The van der Waals surface area contributed by atoms with Crippen LogP contribution in [0.5, 0.6) is 0 Å². The SMILES string of the molecule is [NH]CCCCN(C1CC1)C1CC1. The fraction of sp³-hybridized carbons (Fsp3) is 1.00. The molecule has 1 radical (unpaired) electrons. The number of hydrogen-bond donors (Lipinski definition) is 0. The van der Waals surface area contributed by atoms with Gasteiger partial charge < -0.3 is 0 Å². The van der Waals surface area contributed by atoms with Gasteiger partial charge in [0.15, 0.2) is 0 Å². The number of rotatable bonds is 6. The summed E-state index contributed by atoms with van der Waals surface area (Å²) < 4.78 is 0.